The molecule has 0 atom stereocenters. The van der Waals surface area contributed by atoms with Crippen LogP contribution in [0.3, 0.4) is 0 Å². The summed E-state index contributed by atoms with van der Waals surface area (Å²) in [4.78, 5) is 23.1. The van der Waals surface area contributed by atoms with Gasteiger partial charge in [-0.15, -0.1) is 0 Å². The zero-order chi connectivity index (χ0) is 26.1. The van der Waals surface area contributed by atoms with E-state index in [4.69, 9.17) is 18.9 Å². The maximum Gasteiger partial charge on any atom is 0.270 e. The lowest BCUT2D eigenvalue weighted by Gasteiger charge is -2.13. The van der Waals surface area contributed by atoms with Gasteiger partial charge < -0.3 is 24.3 Å². The molecule has 0 saturated carbocycles. The third kappa shape index (κ3) is 6.41. The molecule has 0 aromatic heterocycles. The minimum atomic E-state index is -0.485. The van der Waals surface area contributed by atoms with Gasteiger partial charge in [-0.3, -0.25) is 14.9 Å². The highest BCUT2D eigenvalue weighted by Gasteiger charge is 2.12. The third-order valence-electron chi connectivity index (χ3n) is 5.17. The number of benzene rings is 3. The third-order valence-corrected chi connectivity index (χ3v) is 5.17. The zero-order valence-electron chi connectivity index (χ0n) is 20.3. The van der Waals surface area contributed by atoms with Crippen LogP contribution in [0.15, 0.2) is 60.7 Å². The molecule has 9 heteroatoms. The van der Waals surface area contributed by atoms with E-state index in [2.05, 4.69) is 5.32 Å². The fourth-order valence-electron chi connectivity index (χ4n) is 3.39. The SMILES string of the molecule is COc1ccc(NC(=O)/C=C/c2cccc([N+](=O)[O-])c2)c(C=Cc2cc(OC)c(OC)c(OC)c2)c1. The normalized spacial score (nSPS) is 10.9. The van der Waals surface area contributed by atoms with Crippen molar-refractivity contribution in [3.05, 3.63) is 87.5 Å². The van der Waals surface area contributed by atoms with Gasteiger partial charge in [0.2, 0.25) is 11.7 Å². The molecule has 3 aromatic carbocycles. The van der Waals surface area contributed by atoms with E-state index in [9.17, 15) is 14.9 Å². The maximum atomic E-state index is 12.6. The van der Waals surface area contributed by atoms with E-state index >= 15 is 0 Å². The van der Waals surface area contributed by atoms with Gasteiger partial charge in [0, 0.05) is 29.5 Å². The number of methoxy groups -OCH3 is 4. The summed E-state index contributed by atoms with van der Waals surface area (Å²) < 4.78 is 21.5. The van der Waals surface area contributed by atoms with Gasteiger partial charge >= 0.3 is 0 Å². The highest BCUT2D eigenvalue weighted by Crippen LogP contribution is 2.38. The molecule has 3 aromatic rings. The van der Waals surface area contributed by atoms with Gasteiger partial charge in [-0.25, -0.2) is 0 Å². The number of carbonyl (C=O) groups excluding carboxylic acids is 1. The van der Waals surface area contributed by atoms with Crippen LogP contribution in [0.2, 0.25) is 0 Å². The maximum absolute atomic E-state index is 12.6. The second-order valence-electron chi connectivity index (χ2n) is 7.42. The Bertz CT molecular complexity index is 1290. The van der Waals surface area contributed by atoms with Crippen LogP contribution in [-0.4, -0.2) is 39.3 Å². The molecule has 9 nitrogen and oxygen atoms in total. The van der Waals surface area contributed by atoms with E-state index in [1.807, 2.05) is 12.2 Å². The van der Waals surface area contributed by atoms with Crippen LogP contribution in [-0.2, 0) is 4.79 Å². The first-order valence-electron chi connectivity index (χ1n) is 10.8. The van der Waals surface area contributed by atoms with Crippen LogP contribution in [0.1, 0.15) is 16.7 Å². The van der Waals surface area contributed by atoms with Crippen LogP contribution in [0.25, 0.3) is 18.2 Å². The lowest BCUT2D eigenvalue weighted by molar-refractivity contribution is -0.384. The number of non-ortho nitro benzene ring substituents is 1. The molecule has 1 N–H and O–H groups in total. The minimum absolute atomic E-state index is 0.0491. The first-order valence-corrected chi connectivity index (χ1v) is 10.8. The monoisotopic (exact) mass is 490 g/mol. The molecule has 1 amide bonds. The van der Waals surface area contributed by atoms with E-state index in [-0.39, 0.29) is 5.69 Å². The molecule has 0 aliphatic rings. The quantitative estimate of drug-likeness (QED) is 0.174. The Hall–Kier alpha value is -4.79. The largest absolute Gasteiger partial charge is 0.497 e. The second kappa shape index (κ2) is 12.1. The molecule has 0 radical (unpaired) electrons. The molecular weight excluding hydrogens is 464 g/mol. The molecular formula is C27H26N2O7. The predicted octanol–water partition coefficient (Wildman–Crippen LogP) is 5.45. The van der Waals surface area contributed by atoms with E-state index in [0.717, 1.165) is 5.56 Å². The summed E-state index contributed by atoms with van der Waals surface area (Å²) in [5.41, 5.74) is 2.52. The van der Waals surface area contributed by atoms with Crippen molar-refractivity contribution in [1.29, 1.82) is 0 Å². The van der Waals surface area contributed by atoms with Crippen molar-refractivity contribution < 1.29 is 28.7 Å². The van der Waals surface area contributed by atoms with Gasteiger partial charge in [0.1, 0.15) is 5.75 Å². The summed E-state index contributed by atoms with van der Waals surface area (Å²) in [6.07, 6.45) is 6.49. The van der Waals surface area contributed by atoms with Gasteiger partial charge in [0.15, 0.2) is 11.5 Å². The summed E-state index contributed by atoms with van der Waals surface area (Å²) in [5.74, 6) is 1.74. The molecule has 0 fully saturated rings. The highest BCUT2D eigenvalue weighted by atomic mass is 16.6. The number of nitro benzene ring substituents is 1. The van der Waals surface area contributed by atoms with Gasteiger partial charge in [0.25, 0.3) is 5.69 Å². The smallest absolute Gasteiger partial charge is 0.270 e. The molecule has 0 aliphatic heterocycles. The topological polar surface area (TPSA) is 109 Å². The van der Waals surface area contributed by atoms with Crippen molar-refractivity contribution in [3.8, 4) is 23.0 Å². The highest BCUT2D eigenvalue weighted by molar-refractivity contribution is 6.03. The fraction of sp³-hybridized carbons (Fsp3) is 0.148. The summed E-state index contributed by atoms with van der Waals surface area (Å²) in [7, 11) is 6.18. The van der Waals surface area contributed by atoms with Crippen LogP contribution in [0.5, 0.6) is 23.0 Å². The number of nitrogens with one attached hydrogen (secondary N) is 1. The Balaban J connectivity index is 1.86. The lowest BCUT2D eigenvalue weighted by atomic mass is 10.1. The van der Waals surface area contributed by atoms with E-state index in [1.54, 1.807) is 63.8 Å². The van der Waals surface area contributed by atoms with E-state index in [1.165, 1.54) is 31.4 Å². The number of nitro groups is 1. The Morgan fingerprint density at radius 1 is 0.833 bits per heavy atom. The predicted molar refractivity (Wildman–Crippen MR) is 139 cm³/mol. The Labute approximate surface area is 208 Å². The van der Waals surface area contributed by atoms with Crippen molar-refractivity contribution in [2.45, 2.75) is 0 Å². The number of hydrogen-bond donors (Lipinski definition) is 1. The van der Waals surface area contributed by atoms with E-state index in [0.29, 0.717) is 39.8 Å². The molecule has 0 unspecified atom stereocenters. The van der Waals surface area contributed by atoms with Gasteiger partial charge in [0.05, 0.1) is 33.4 Å². The molecule has 36 heavy (non-hydrogen) atoms. The molecule has 0 spiro atoms. The summed E-state index contributed by atoms with van der Waals surface area (Å²) in [6.45, 7) is 0. The lowest BCUT2D eigenvalue weighted by Crippen LogP contribution is -2.09. The summed E-state index contributed by atoms with van der Waals surface area (Å²) in [5, 5.41) is 13.8. The summed E-state index contributed by atoms with van der Waals surface area (Å²) >= 11 is 0. The second-order valence-corrected chi connectivity index (χ2v) is 7.42. The number of anilines is 1. The van der Waals surface area contributed by atoms with Gasteiger partial charge in [-0.1, -0.05) is 24.3 Å². The number of ether oxygens (including phenoxy) is 4. The number of hydrogen-bond acceptors (Lipinski definition) is 7. The van der Waals surface area contributed by atoms with Gasteiger partial charge in [-0.05, 0) is 47.5 Å². The Kier molecular flexibility index (Phi) is 8.66. The fourth-order valence-corrected chi connectivity index (χ4v) is 3.39. The van der Waals surface area contributed by atoms with E-state index < -0.39 is 10.8 Å². The van der Waals surface area contributed by atoms with Crippen molar-refractivity contribution in [1.82, 2.24) is 0 Å². The number of amides is 1. The molecule has 0 heterocycles. The number of nitrogens with zero attached hydrogens (tertiary/aromatic N) is 1. The van der Waals surface area contributed by atoms with Crippen molar-refractivity contribution in [3.63, 3.8) is 0 Å². The first kappa shape index (κ1) is 25.8. The zero-order valence-corrected chi connectivity index (χ0v) is 20.3. The molecule has 0 saturated heterocycles. The molecule has 0 aliphatic carbocycles. The average Bonchev–Trinajstić information content (AvgIpc) is 2.90. The Morgan fingerprint density at radius 3 is 2.17 bits per heavy atom. The van der Waals surface area contributed by atoms with Crippen molar-refractivity contribution >= 4 is 35.5 Å². The van der Waals surface area contributed by atoms with Crippen LogP contribution >= 0.6 is 0 Å². The van der Waals surface area contributed by atoms with Crippen LogP contribution in [0.4, 0.5) is 11.4 Å². The Morgan fingerprint density at radius 2 is 1.56 bits per heavy atom. The number of rotatable bonds is 10. The molecule has 3 rings (SSSR count). The standard InChI is InChI=1S/C27H26N2O7/c1-33-22-11-12-23(28-26(30)13-9-18-6-5-7-21(14-18)29(31)32)20(17-22)10-8-19-15-24(34-2)27(36-4)25(16-19)35-3/h5-17H,1-4H3,(H,28,30)/b10-8?,13-9+. The minimum Gasteiger partial charge on any atom is -0.497 e. The van der Waals surface area contributed by atoms with Crippen LogP contribution in [0, 0.1) is 10.1 Å². The molecule has 0 bridgehead atoms. The van der Waals surface area contributed by atoms with Gasteiger partial charge in [-0.2, -0.15) is 0 Å². The number of carbonyl (C=O) groups is 1. The average molecular weight is 491 g/mol. The molecule has 186 valence electrons. The van der Waals surface area contributed by atoms with Crippen molar-refractivity contribution in [2.24, 2.45) is 0 Å². The van der Waals surface area contributed by atoms with Crippen LogP contribution < -0.4 is 24.3 Å². The first-order chi connectivity index (χ1) is 17.4. The van der Waals surface area contributed by atoms with Crippen molar-refractivity contribution in [2.75, 3.05) is 33.8 Å². The summed E-state index contributed by atoms with van der Waals surface area (Å²) in [6, 6.07) is 14.9.